The summed E-state index contributed by atoms with van der Waals surface area (Å²) in [5.41, 5.74) is 9.31. The van der Waals surface area contributed by atoms with Crippen LogP contribution < -0.4 is 10.5 Å². The molecule has 0 spiro atoms. The van der Waals surface area contributed by atoms with E-state index < -0.39 is 0 Å². The molecule has 0 saturated carbocycles. The first kappa shape index (κ1) is 15.1. The van der Waals surface area contributed by atoms with Crippen LogP contribution in [0.2, 0.25) is 0 Å². The van der Waals surface area contributed by atoms with E-state index in [-0.39, 0.29) is 5.91 Å². The van der Waals surface area contributed by atoms with Crippen molar-refractivity contribution in [3.63, 3.8) is 0 Å². The molecular weight excluding hydrogens is 290 g/mol. The van der Waals surface area contributed by atoms with Gasteiger partial charge < -0.3 is 10.5 Å². The second-order valence-electron chi connectivity index (χ2n) is 5.43. The van der Waals surface area contributed by atoms with Crippen LogP contribution in [0.1, 0.15) is 17.5 Å². The quantitative estimate of drug-likeness (QED) is 0.882. The lowest BCUT2D eigenvalue weighted by atomic mass is 10.1. The predicted octanol–water partition coefficient (Wildman–Crippen LogP) is 2.46. The number of anilines is 1. The summed E-state index contributed by atoms with van der Waals surface area (Å²) in [6.07, 6.45) is 1.04. The lowest BCUT2D eigenvalue weighted by molar-refractivity contribution is -0.130. The molecule has 1 amide bonds. The lowest BCUT2D eigenvalue weighted by Crippen LogP contribution is -2.25. The first-order valence-corrected chi connectivity index (χ1v) is 7.53. The highest BCUT2D eigenvalue weighted by atomic mass is 16.5. The van der Waals surface area contributed by atoms with Crippen molar-refractivity contribution in [1.82, 2.24) is 5.01 Å². The van der Waals surface area contributed by atoms with Crippen LogP contribution in [0.4, 0.5) is 5.69 Å². The van der Waals surface area contributed by atoms with Crippen LogP contribution in [0.25, 0.3) is 0 Å². The number of ether oxygens (including phenoxy) is 1. The van der Waals surface area contributed by atoms with E-state index in [4.69, 9.17) is 10.5 Å². The summed E-state index contributed by atoms with van der Waals surface area (Å²) in [7, 11) is 1.61. The van der Waals surface area contributed by atoms with Crippen molar-refractivity contribution in [1.29, 1.82) is 0 Å². The molecule has 0 bridgehead atoms. The molecule has 0 fully saturated rings. The fourth-order valence-corrected chi connectivity index (χ4v) is 2.60. The summed E-state index contributed by atoms with van der Waals surface area (Å²) < 4.78 is 5.23. The third-order valence-electron chi connectivity index (χ3n) is 3.86. The molecule has 5 heteroatoms. The number of hydrazone groups is 1. The van der Waals surface area contributed by atoms with Crippen molar-refractivity contribution in [3.8, 4) is 5.75 Å². The minimum Gasteiger partial charge on any atom is -0.497 e. The molecule has 0 saturated heterocycles. The number of carbonyl (C=O) groups is 1. The average molecular weight is 309 g/mol. The van der Waals surface area contributed by atoms with Gasteiger partial charge in [-0.3, -0.25) is 4.79 Å². The molecule has 5 nitrogen and oxygen atoms in total. The normalized spacial score (nSPS) is 13.8. The largest absolute Gasteiger partial charge is 0.497 e. The maximum Gasteiger partial charge on any atom is 0.247 e. The molecule has 2 aromatic carbocycles. The first-order valence-electron chi connectivity index (χ1n) is 7.53. The Labute approximate surface area is 135 Å². The van der Waals surface area contributed by atoms with Gasteiger partial charge in [-0.25, -0.2) is 5.01 Å². The van der Waals surface area contributed by atoms with Crippen LogP contribution in [0.3, 0.4) is 0 Å². The summed E-state index contributed by atoms with van der Waals surface area (Å²) in [5.74, 6) is 0.721. The summed E-state index contributed by atoms with van der Waals surface area (Å²) in [5, 5.41) is 5.98. The van der Waals surface area contributed by atoms with Crippen molar-refractivity contribution in [2.45, 2.75) is 12.8 Å². The molecule has 0 aromatic heterocycles. The first-order chi connectivity index (χ1) is 11.2. The van der Waals surface area contributed by atoms with Gasteiger partial charge in [0.2, 0.25) is 5.91 Å². The molecule has 1 heterocycles. The number of nitrogens with zero attached hydrogens (tertiary/aromatic N) is 2. The van der Waals surface area contributed by atoms with Crippen LogP contribution in [0.5, 0.6) is 5.75 Å². The molecule has 0 atom stereocenters. The summed E-state index contributed by atoms with van der Waals surface area (Å²) in [4.78, 5) is 12.4. The molecule has 23 heavy (non-hydrogen) atoms. The highest BCUT2D eigenvalue weighted by Crippen LogP contribution is 2.24. The molecule has 2 N–H and O–H groups in total. The zero-order valence-corrected chi connectivity index (χ0v) is 13.0. The fraction of sp³-hybridized carbons (Fsp3) is 0.222. The van der Waals surface area contributed by atoms with Gasteiger partial charge in [-0.2, -0.15) is 5.10 Å². The van der Waals surface area contributed by atoms with E-state index >= 15 is 0 Å². The van der Waals surface area contributed by atoms with Crippen molar-refractivity contribution in [2.75, 3.05) is 19.4 Å². The molecule has 0 radical (unpaired) electrons. The fourth-order valence-electron chi connectivity index (χ4n) is 2.60. The molecule has 118 valence electrons. The Morgan fingerprint density at radius 2 is 2.04 bits per heavy atom. The van der Waals surface area contributed by atoms with Crippen LogP contribution in [-0.4, -0.2) is 30.3 Å². The number of carbonyl (C=O) groups excluding carboxylic acids is 1. The second-order valence-corrected chi connectivity index (χ2v) is 5.43. The highest BCUT2D eigenvalue weighted by molar-refractivity contribution is 6.06. The number of methoxy groups -OCH3 is 1. The zero-order valence-electron chi connectivity index (χ0n) is 13.0. The van der Waals surface area contributed by atoms with E-state index in [0.717, 1.165) is 22.6 Å². The Bertz CT molecular complexity index is 741. The minimum absolute atomic E-state index is 0.00679. The van der Waals surface area contributed by atoms with Gasteiger partial charge >= 0.3 is 0 Å². The topological polar surface area (TPSA) is 67.9 Å². The van der Waals surface area contributed by atoms with Gasteiger partial charge in [-0.05, 0) is 23.8 Å². The smallest absolute Gasteiger partial charge is 0.247 e. The number of amides is 1. The molecule has 2 aromatic rings. The third kappa shape index (κ3) is 3.34. The van der Waals surface area contributed by atoms with Gasteiger partial charge in [0, 0.05) is 17.7 Å². The van der Waals surface area contributed by atoms with E-state index in [0.29, 0.717) is 25.1 Å². The average Bonchev–Trinajstić information content (AvgIpc) is 3.06. The number of hydrogen-bond donors (Lipinski definition) is 1. The van der Waals surface area contributed by atoms with Gasteiger partial charge in [0.1, 0.15) is 5.75 Å². The van der Waals surface area contributed by atoms with Crippen molar-refractivity contribution >= 4 is 17.3 Å². The van der Waals surface area contributed by atoms with E-state index in [1.165, 1.54) is 5.01 Å². The maximum absolute atomic E-state index is 12.4. The number of nitrogens with two attached hydrogens (primary N) is 1. The summed E-state index contributed by atoms with van der Waals surface area (Å²) in [6, 6.07) is 15.1. The molecule has 0 aliphatic carbocycles. The Morgan fingerprint density at radius 3 is 2.78 bits per heavy atom. The minimum atomic E-state index is -0.00679. The Hall–Kier alpha value is -2.82. The summed E-state index contributed by atoms with van der Waals surface area (Å²) >= 11 is 0. The zero-order chi connectivity index (χ0) is 16.2. The second kappa shape index (κ2) is 6.52. The van der Waals surface area contributed by atoms with Crippen molar-refractivity contribution in [2.24, 2.45) is 5.10 Å². The molecule has 3 rings (SSSR count). The Balaban J connectivity index is 1.77. The van der Waals surface area contributed by atoms with Crippen molar-refractivity contribution in [3.05, 3.63) is 59.7 Å². The van der Waals surface area contributed by atoms with Gasteiger partial charge in [-0.1, -0.05) is 30.3 Å². The van der Waals surface area contributed by atoms with Crippen LogP contribution in [0, 0.1) is 0 Å². The molecule has 1 aliphatic rings. The Morgan fingerprint density at radius 1 is 1.26 bits per heavy atom. The van der Waals surface area contributed by atoms with Crippen LogP contribution in [-0.2, 0) is 11.2 Å². The molecule has 1 aliphatic heterocycles. The monoisotopic (exact) mass is 309 g/mol. The number of nitrogen functional groups attached to an aromatic ring is 1. The molecule has 0 unspecified atom stereocenters. The van der Waals surface area contributed by atoms with Gasteiger partial charge in [0.15, 0.2) is 0 Å². The SMILES string of the molecule is COc1ccc(N)c(C2=NN(C(=O)Cc3ccccc3)CC2)c1. The van der Waals surface area contributed by atoms with Crippen LogP contribution in [0.15, 0.2) is 53.6 Å². The maximum atomic E-state index is 12.4. The summed E-state index contributed by atoms with van der Waals surface area (Å²) in [6.45, 7) is 0.581. The number of rotatable bonds is 4. The van der Waals surface area contributed by atoms with Gasteiger partial charge in [-0.15, -0.1) is 0 Å². The highest BCUT2D eigenvalue weighted by Gasteiger charge is 2.23. The Kier molecular flexibility index (Phi) is 4.28. The number of benzene rings is 2. The number of hydrogen-bond acceptors (Lipinski definition) is 4. The van der Waals surface area contributed by atoms with E-state index in [2.05, 4.69) is 5.10 Å². The lowest BCUT2D eigenvalue weighted by Gasteiger charge is -2.11. The van der Waals surface area contributed by atoms with E-state index in [1.807, 2.05) is 42.5 Å². The van der Waals surface area contributed by atoms with E-state index in [9.17, 15) is 4.79 Å². The van der Waals surface area contributed by atoms with Crippen molar-refractivity contribution < 1.29 is 9.53 Å². The standard InChI is InChI=1S/C18H19N3O2/c1-23-14-7-8-16(19)15(12-14)17-9-10-21(20-17)18(22)11-13-5-3-2-4-6-13/h2-8,12H,9-11,19H2,1H3. The third-order valence-corrected chi connectivity index (χ3v) is 3.86. The van der Waals surface area contributed by atoms with Gasteiger partial charge in [0.05, 0.1) is 25.8 Å². The van der Waals surface area contributed by atoms with Gasteiger partial charge in [0.25, 0.3) is 0 Å². The predicted molar refractivity (Wildman–Crippen MR) is 90.4 cm³/mol. The molecular formula is C18H19N3O2. The van der Waals surface area contributed by atoms with Crippen LogP contribution >= 0.6 is 0 Å². The van der Waals surface area contributed by atoms with E-state index in [1.54, 1.807) is 13.2 Å².